The van der Waals surface area contributed by atoms with Gasteiger partial charge in [0.15, 0.2) is 0 Å². The van der Waals surface area contributed by atoms with Gasteiger partial charge in [-0.05, 0) is 40.5 Å². The molecule has 96 valence electrons. The van der Waals surface area contributed by atoms with Crippen LogP contribution in [0.15, 0.2) is 36.4 Å². The van der Waals surface area contributed by atoms with E-state index in [4.69, 9.17) is 10.5 Å². The van der Waals surface area contributed by atoms with E-state index in [2.05, 4.69) is 38.1 Å². The number of rotatable bonds is 4. The highest BCUT2D eigenvalue weighted by atomic mass is 16.5. The molecule has 0 spiro atoms. The van der Waals surface area contributed by atoms with Gasteiger partial charge < -0.3 is 10.5 Å². The molecule has 2 rings (SSSR count). The Bertz CT molecular complexity index is 536. The molecule has 0 saturated carbocycles. The lowest BCUT2D eigenvalue weighted by Gasteiger charge is -2.19. The van der Waals surface area contributed by atoms with Gasteiger partial charge in [0.25, 0.3) is 0 Å². The summed E-state index contributed by atoms with van der Waals surface area (Å²) in [6.07, 6.45) is 1.10. The first kappa shape index (κ1) is 12.9. The SMILES string of the molecule is CCC(C)[C@@H](N)c1ccc2cc(OC)ccc2c1. The minimum atomic E-state index is 0.113. The van der Waals surface area contributed by atoms with Crippen molar-refractivity contribution in [2.24, 2.45) is 11.7 Å². The molecule has 0 aliphatic carbocycles. The van der Waals surface area contributed by atoms with Crippen molar-refractivity contribution >= 4 is 10.8 Å². The number of ether oxygens (including phenoxy) is 1. The van der Waals surface area contributed by atoms with Crippen LogP contribution in [0.1, 0.15) is 31.9 Å². The number of methoxy groups -OCH3 is 1. The molecule has 0 aliphatic heterocycles. The first-order chi connectivity index (χ1) is 8.65. The lowest BCUT2D eigenvalue weighted by Crippen LogP contribution is -2.18. The molecule has 0 saturated heterocycles. The Hall–Kier alpha value is -1.54. The first-order valence-electron chi connectivity index (χ1n) is 6.49. The molecule has 0 aromatic heterocycles. The van der Waals surface area contributed by atoms with E-state index in [1.165, 1.54) is 16.3 Å². The van der Waals surface area contributed by atoms with Gasteiger partial charge in [-0.2, -0.15) is 0 Å². The fourth-order valence-electron chi connectivity index (χ4n) is 2.16. The Labute approximate surface area is 109 Å². The average Bonchev–Trinajstić information content (AvgIpc) is 2.44. The highest BCUT2D eigenvalue weighted by Crippen LogP contribution is 2.27. The second-order valence-electron chi connectivity index (χ2n) is 4.88. The standard InChI is InChI=1S/C16H21NO/c1-4-11(2)16(17)14-6-5-13-10-15(18-3)8-7-12(13)9-14/h5-11,16H,4,17H2,1-3H3/t11?,16-/m1/s1. The van der Waals surface area contributed by atoms with Gasteiger partial charge in [-0.25, -0.2) is 0 Å². The Morgan fingerprint density at radius 3 is 2.44 bits per heavy atom. The molecule has 0 aliphatic rings. The molecule has 2 atom stereocenters. The van der Waals surface area contributed by atoms with Gasteiger partial charge in [-0.3, -0.25) is 0 Å². The molecule has 0 radical (unpaired) electrons. The van der Waals surface area contributed by atoms with Crippen molar-refractivity contribution in [3.8, 4) is 5.75 Å². The molecule has 1 unspecified atom stereocenters. The lowest BCUT2D eigenvalue weighted by atomic mass is 9.92. The summed E-state index contributed by atoms with van der Waals surface area (Å²) in [5.74, 6) is 1.39. The monoisotopic (exact) mass is 243 g/mol. The number of fused-ring (bicyclic) bond motifs is 1. The van der Waals surface area contributed by atoms with Gasteiger partial charge in [0.2, 0.25) is 0 Å². The lowest BCUT2D eigenvalue weighted by molar-refractivity contribution is 0.415. The van der Waals surface area contributed by atoms with E-state index in [1.807, 2.05) is 12.1 Å². The van der Waals surface area contributed by atoms with Crippen LogP contribution in [0, 0.1) is 5.92 Å². The number of nitrogens with two attached hydrogens (primary N) is 1. The summed E-state index contributed by atoms with van der Waals surface area (Å²) in [5, 5.41) is 2.40. The highest BCUT2D eigenvalue weighted by molar-refractivity contribution is 5.84. The minimum Gasteiger partial charge on any atom is -0.497 e. The minimum absolute atomic E-state index is 0.113. The maximum atomic E-state index is 6.27. The summed E-state index contributed by atoms with van der Waals surface area (Å²) >= 11 is 0. The Morgan fingerprint density at radius 2 is 1.78 bits per heavy atom. The van der Waals surface area contributed by atoms with E-state index in [0.717, 1.165) is 12.2 Å². The van der Waals surface area contributed by atoms with Gasteiger partial charge in [0, 0.05) is 6.04 Å². The quantitative estimate of drug-likeness (QED) is 0.884. The fraction of sp³-hybridized carbons (Fsp3) is 0.375. The fourth-order valence-corrected chi connectivity index (χ4v) is 2.16. The van der Waals surface area contributed by atoms with Crippen molar-refractivity contribution < 1.29 is 4.74 Å². The molecular weight excluding hydrogens is 222 g/mol. The van der Waals surface area contributed by atoms with Crippen LogP contribution in [0.2, 0.25) is 0 Å². The smallest absolute Gasteiger partial charge is 0.119 e. The van der Waals surface area contributed by atoms with Crippen LogP contribution in [0.25, 0.3) is 10.8 Å². The third kappa shape index (κ3) is 2.49. The number of hydrogen-bond acceptors (Lipinski definition) is 2. The first-order valence-corrected chi connectivity index (χ1v) is 6.49. The van der Waals surface area contributed by atoms with Crippen molar-refractivity contribution in [3.05, 3.63) is 42.0 Å². The normalized spacial score (nSPS) is 14.4. The summed E-state index contributed by atoms with van der Waals surface area (Å²) in [4.78, 5) is 0. The van der Waals surface area contributed by atoms with Gasteiger partial charge in [0.05, 0.1) is 7.11 Å². The molecule has 0 bridgehead atoms. The van der Waals surface area contributed by atoms with Gasteiger partial charge >= 0.3 is 0 Å². The summed E-state index contributed by atoms with van der Waals surface area (Å²) in [6.45, 7) is 4.37. The molecule has 18 heavy (non-hydrogen) atoms. The largest absolute Gasteiger partial charge is 0.497 e. The van der Waals surface area contributed by atoms with Crippen LogP contribution in [0.3, 0.4) is 0 Å². The molecule has 0 fully saturated rings. The van der Waals surface area contributed by atoms with Crippen molar-refractivity contribution in [1.82, 2.24) is 0 Å². The van der Waals surface area contributed by atoms with Gasteiger partial charge in [-0.1, -0.05) is 38.5 Å². The van der Waals surface area contributed by atoms with Crippen LogP contribution in [-0.2, 0) is 0 Å². The molecule has 2 heteroatoms. The molecule has 0 heterocycles. The van der Waals surface area contributed by atoms with Crippen LogP contribution >= 0.6 is 0 Å². The van der Waals surface area contributed by atoms with Crippen LogP contribution in [0.4, 0.5) is 0 Å². The maximum Gasteiger partial charge on any atom is 0.119 e. The van der Waals surface area contributed by atoms with Crippen LogP contribution in [-0.4, -0.2) is 7.11 Å². The van der Waals surface area contributed by atoms with Crippen LogP contribution in [0.5, 0.6) is 5.75 Å². The topological polar surface area (TPSA) is 35.2 Å². The van der Waals surface area contributed by atoms with Crippen molar-refractivity contribution in [3.63, 3.8) is 0 Å². The second kappa shape index (κ2) is 5.40. The van der Waals surface area contributed by atoms with Crippen LogP contribution < -0.4 is 10.5 Å². The summed E-state index contributed by atoms with van der Waals surface area (Å²) < 4.78 is 5.23. The van der Waals surface area contributed by atoms with E-state index in [1.54, 1.807) is 7.11 Å². The van der Waals surface area contributed by atoms with Crippen molar-refractivity contribution in [2.75, 3.05) is 7.11 Å². The van der Waals surface area contributed by atoms with Crippen molar-refractivity contribution in [1.29, 1.82) is 0 Å². The van der Waals surface area contributed by atoms with Crippen molar-refractivity contribution in [2.45, 2.75) is 26.3 Å². The van der Waals surface area contributed by atoms with Gasteiger partial charge in [0.1, 0.15) is 5.75 Å². The Balaban J connectivity index is 2.38. The third-order valence-electron chi connectivity index (χ3n) is 3.71. The zero-order chi connectivity index (χ0) is 13.1. The second-order valence-corrected chi connectivity index (χ2v) is 4.88. The molecule has 2 N–H and O–H groups in total. The Morgan fingerprint density at radius 1 is 1.11 bits per heavy atom. The molecule has 0 amide bonds. The van der Waals surface area contributed by atoms with E-state index in [9.17, 15) is 0 Å². The Kier molecular flexibility index (Phi) is 3.87. The van der Waals surface area contributed by atoms with E-state index in [0.29, 0.717) is 5.92 Å². The number of hydrogen-bond donors (Lipinski definition) is 1. The molecular formula is C16H21NO. The molecule has 2 aromatic carbocycles. The summed E-state index contributed by atoms with van der Waals surface area (Å²) in [6, 6.07) is 12.7. The summed E-state index contributed by atoms with van der Waals surface area (Å²) in [5.41, 5.74) is 7.48. The van der Waals surface area contributed by atoms with Gasteiger partial charge in [-0.15, -0.1) is 0 Å². The molecule has 2 nitrogen and oxygen atoms in total. The number of benzene rings is 2. The van der Waals surface area contributed by atoms with E-state index < -0.39 is 0 Å². The summed E-state index contributed by atoms with van der Waals surface area (Å²) in [7, 11) is 1.69. The highest BCUT2D eigenvalue weighted by Gasteiger charge is 2.13. The predicted octanol–water partition coefficient (Wildman–Crippen LogP) is 3.89. The predicted molar refractivity (Wildman–Crippen MR) is 76.9 cm³/mol. The average molecular weight is 243 g/mol. The maximum absolute atomic E-state index is 6.27. The molecule has 2 aromatic rings. The third-order valence-corrected chi connectivity index (χ3v) is 3.71. The zero-order valence-corrected chi connectivity index (χ0v) is 11.3. The zero-order valence-electron chi connectivity index (χ0n) is 11.3. The van der Waals surface area contributed by atoms with E-state index >= 15 is 0 Å². The van der Waals surface area contributed by atoms with E-state index in [-0.39, 0.29) is 6.04 Å².